The first kappa shape index (κ1) is 12.7. The number of halogens is 1. The summed E-state index contributed by atoms with van der Waals surface area (Å²) in [6.07, 6.45) is 0. The molecule has 5 nitrogen and oxygen atoms in total. The number of carbonyl (C=O) groups excluding carboxylic acids is 1. The molecule has 0 atom stereocenters. The molecule has 0 bridgehead atoms. The minimum absolute atomic E-state index is 0.0317. The molecule has 0 aliphatic rings. The van der Waals surface area contributed by atoms with Crippen LogP contribution in [0.15, 0.2) is 34.2 Å². The van der Waals surface area contributed by atoms with E-state index in [-0.39, 0.29) is 5.96 Å². The summed E-state index contributed by atoms with van der Waals surface area (Å²) < 4.78 is 0. The van der Waals surface area contributed by atoms with Gasteiger partial charge >= 0.3 is 6.03 Å². The third-order valence-corrected chi connectivity index (χ3v) is 2.79. The van der Waals surface area contributed by atoms with Crippen molar-refractivity contribution in [3.05, 3.63) is 24.3 Å². The standard InChI is InChI=1S/C9H11ClN4OS/c1-14(9(12)15)8(11)13-6-3-2-4-7(5-6)16-10/h2-5H,1H3,(H2,11,13)(H2,12,15). The molecule has 0 heterocycles. The molecule has 0 fully saturated rings. The predicted molar refractivity (Wildman–Crippen MR) is 66.8 cm³/mol. The maximum Gasteiger partial charge on any atom is 0.321 e. The monoisotopic (exact) mass is 258 g/mol. The van der Waals surface area contributed by atoms with E-state index in [1.165, 1.54) is 7.05 Å². The summed E-state index contributed by atoms with van der Waals surface area (Å²) in [7, 11) is 8.13. The van der Waals surface area contributed by atoms with Crippen LogP contribution in [0.3, 0.4) is 0 Å². The Morgan fingerprint density at radius 2 is 2.19 bits per heavy atom. The van der Waals surface area contributed by atoms with Gasteiger partial charge in [-0.1, -0.05) is 6.07 Å². The first-order valence-corrected chi connectivity index (χ1v) is 5.95. The fourth-order valence-corrected chi connectivity index (χ4v) is 1.50. The van der Waals surface area contributed by atoms with E-state index in [1.54, 1.807) is 18.2 Å². The average Bonchev–Trinajstić information content (AvgIpc) is 2.28. The van der Waals surface area contributed by atoms with E-state index in [0.717, 1.165) is 20.8 Å². The van der Waals surface area contributed by atoms with Crippen LogP contribution in [0.1, 0.15) is 0 Å². The Hall–Kier alpha value is -1.40. The van der Waals surface area contributed by atoms with E-state index >= 15 is 0 Å². The highest BCUT2D eigenvalue weighted by Crippen LogP contribution is 2.25. The third kappa shape index (κ3) is 3.32. The van der Waals surface area contributed by atoms with Gasteiger partial charge in [-0.05, 0) is 39.9 Å². The first-order chi connectivity index (χ1) is 7.54. The highest BCUT2D eigenvalue weighted by atomic mass is 35.7. The molecule has 0 aliphatic carbocycles. The van der Waals surface area contributed by atoms with E-state index in [9.17, 15) is 4.79 Å². The highest BCUT2D eigenvalue weighted by molar-refractivity contribution is 8.21. The molecule has 0 saturated heterocycles. The second kappa shape index (κ2) is 5.62. The van der Waals surface area contributed by atoms with Crippen LogP contribution in [-0.4, -0.2) is 23.9 Å². The van der Waals surface area contributed by atoms with Crippen molar-refractivity contribution >= 4 is 39.3 Å². The van der Waals surface area contributed by atoms with Gasteiger partial charge in [-0.3, -0.25) is 4.90 Å². The zero-order valence-electron chi connectivity index (χ0n) is 8.55. The Labute approximate surface area is 102 Å². The molecule has 1 aromatic rings. The number of rotatable bonds is 2. The van der Waals surface area contributed by atoms with Gasteiger partial charge < -0.3 is 11.5 Å². The van der Waals surface area contributed by atoms with Crippen LogP contribution in [0.25, 0.3) is 0 Å². The van der Waals surface area contributed by atoms with Crippen molar-refractivity contribution in [2.24, 2.45) is 16.5 Å². The van der Waals surface area contributed by atoms with Gasteiger partial charge in [0, 0.05) is 11.9 Å². The van der Waals surface area contributed by atoms with Gasteiger partial charge in [0.05, 0.1) is 5.69 Å². The van der Waals surface area contributed by atoms with Crippen LogP contribution in [0.4, 0.5) is 10.5 Å². The summed E-state index contributed by atoms with van der Waals surface area (Å²) in [4.78, 5) is 16.8. The molecule has 4 N–H and O–H groups in total. The van der Waals surface area contributed by atoms with E-state index in [0.29, 0.717) is 5.69 Å². The van der Waals surface area contributed by atoms with Crippen LogP contribution in [0, 0.1) is 0 Å². The number of hydrogen-bond donors (Lipinski definition) is 2. The number of primary amides is 1. The lowest BCUT2D eigenvalue weighted by Crippen LogP contribution is -2.41. The summed E-state index contributed by atoms with van der Waals surface area (Å²) in [6, 6.07) is 6.47. The normalized spacial score (nSPS) is 11.2. The summed E-state index contributed by atoms with van der Waals surface area (Å²) in [6.45, 7) is 0. The maximum absolute atomic E-state index is 10.8. The maximum atomic E-state index is 10.8. The second-order valence-electron chi connectivity index (χ2n) is 2.94. The SMILES string of the molecule is CN(C(N)=O)C(N)=Nc1cccc(SCl)c1. The first-order valence-electron chi connectivity index (χ1n) is 4.30. The molecule has 7 heteroatoms. The number of carbonyl (C=O) groups is 1. The Morgan fingerprint density at radius 1 is 1.50 bits per heavy atom. The van der Waals surface area contributed by atoms with Crippen molar-refractivity contribution < 1.29 is 4.79 Å². The number of nitrogens with two attached hydrogens (primary N) is 2. The molecule has 2 amide bonds. The third-order valence-electron chi connectivity index (χ3n) is 1.82. The van der Waals surface area contributed by atoms with Gasteiger partial charge in [0.25, 0.3) is 0 Å². The van der Waals surface area contributed by atoms with Crippen molar-refractivity contribution in [2.75, 3.05) is 7.05 Å². The summed E-state index contributed by atoms with van der Waals surface area (Å²) >= 11 is 0. The molecule has 0 aromatic heterocycles. The fraction of sp³-hybridized carbons (Fsp3) is 0.111. The number of hydrogen-bond acceptors (Lipinski definition) is 3. The molecule has 16 heavy (non-hydrogen) atoms. The van der Waals surface area contributed by atoms with Crippen LogP contribution >= 0.6 is 21.7 Å². The minimum Gasteiger partial charge on any atom is -0.369 e. The molecule has 0 saturated carbocycles. The Kier molecular flexibility index (Phi) is 4.45. The number of guanidine groups is 1. The molecule has 0 spiro atoms. The number of amides is 2. The Balaban J connectivity index is 2.93. The zero-order valence-corrected chi connectivity index (χ0v) is 10.1. The zero-order chi connectivity index (χ0) is 12.1. The van der Waals surface area contributed by atoms with Gasteiger partial charge in [-0.2, -0.15) is 0 Å². The summed E-state index contributed by atoms with van der Waals surface area (Å²) in [5, 5.41) is 0. The van der Waals surface area contributed by atoms with Crippen molar-refractivity contribution in [1.29, 1.82) is 0 Å². The van der Waals surface area contributed by atoms with E-state index in [4.69, 9.17) is 22.1 Å². The van der Waals surface area contributed by atoms with Gasteiger partial charge in [0.1, 0.15) is 0 Å². The van der Waals surface area contributed by atoms with Crippen LogP contribution < -0.4 is 11.5 Å². The number of nitrogens with zero attached hydrogens (tertiary/aromatic N) is 2. The van der Waals surface area contributed by atoms with Gasteiger partial charge in [-0.15, -0.1) is 0 Å². The smallest absolute Gasteiger partial charge is 0.321 e. The quantitative estimate of drug-likeness (QED) is 0.627. The van der Waals surface area contributed by atoms with Gasteiger partial charge in [-0.25, -0.2) is 9.79 Å². The topological polar surface area (TPSA) is 84.7 Å². The van der Waals surface area contributed by atoms with E-state index < -0.39 is 6.03 Å². The number of urea groups is 1. The highest BCUT2D eigenvalue weighted by Gasteiger charge is 2.07. The van der Waals surface area contributed by atoms with Crippen LogP contribution in [0.2, 0.25) is 0 Å². The lowest BCUT2D eigenvalue weighted by Gasteiger charge is -2.12. The van der Waals surface area contributed by atoms with Crippen molar-refractivity contribution in [3.63, 3.8) is 0 Å². The molecule has 1 rings (SSSR count). The van der Waals surface area contributed by atoms with Crippen LogP contribution in [0.5, 0.6) is 0 Å². The average molecular weight is 259 g/mol. The second-order valence-corrected chi connectivity index (χ2v) is 4.03. The largest absolute Gasteiger partial charge is 0.369 e. The van der Waals surface area contributed by atoms with Crippen molar-refractivity contribution in [1.82, 2.24) is 4.90 Å². The fourth-order valence-electron chi connectivity index (χ4n) is 0.921. The van der Waals surface area contributed by atoms with Gasteiger partial charge in [0.2, 0.25) is 5.96 Å². The van der Waals surface area contributed by atoms with Gasteiger partial charge in [0.15, 0.2) is 0 Å². The Morgan fingerprint density at radius 3 is 2.75 bits per heavy atom. The van der Waals surface area contributed by atoms with E-state index in [2.05, 4.69) is 4.99 Å². The van der Waals surface area contributed by atoms with Crippen molar-refractivity contribution in [2.45, 2.75) is 4.90 Å². The molecular weight excluding hydrogens is 248 g/mol. The molecule has 1 aromatic carbocycles. The number of aliphatic imine (C=N–C) groups is 1. The molecule has 0 unspecified atom stereocenters. The lowest BCUT2D eigenvalue weighted by molar-refractivity contribution is 0.235. The summed E-state index contributed by atoms with van der Waals surface area (Å²) in [5.41, 5.74) is 11.2. The van der Waals surface area contributed by atoms with Crippen molar-refractivity contribution in [3.8, 4) is 0 Å². The predicted octanol–water partition coefficient (Wildman–Crippen LogP) is 1.89. The minimum atomic E-state index is -0.663. The van der Waals surface area contributed by atoms with E-state index in [1.807, 2.05) is 6.07 Å². The molecule has 86 valence electrons. The Bertz CT molecular complexity index is 424. The summed E-state index contributed by atoms with van der Waals surface area (Å²) in [5.74, 6) is 0.0317. The molecular formula is C9H11ClN4OS. The van der Waals surface area contributed by atoms with Crippen LogP contribution in [-0.2, 0) is 0 Å². The molecule has 0 radical (unpaired) electrons. The number of benzene rings is 1. The lowest BCUT2D eigenvalue weighted by atomic mass is 10.3. The molecule has 0 aliphatic heterocycles.